The van der Waals surface area contributed by atoms with Gasteiger partial charge in [0.05, 0.1) is 17.7 Å². The van der Waals surface area contributed by atoms with E-state index in [1.54, 1.807) is 6.20 Å². The molecule has 1 aromatic rings. The second-order valence-corrected chi connectivity index (χ2v) is 4.53. The van der Waals surface area contributed by atoms with E-state index in [-0.39, 0.29) is 6.10 Å². The number of rotatable bonds is 6. The standard InChI is InChI=1S/C12H20ClN3O/c1-9(2)17-7-6-16(3)12-11(13)10(8-14)4-5-15-12/h4-5,9H,6-8,14H2,1-3H3. The van der Waals surface area contributed by atoms with Gasteiger partial charge in [-0.2, -0.15) is 0 Å². The Morgan fingerprint density at radius 2 is 2.24 bits per heavy atom. The largest absolute Gasteiger partial charge is 0.377 e. The van der Waals surface area contributed by atoms with Gasteiger partial charge in [-0.1, -0.05) is 11.6 Å². The van der Waals surface area contributed by atoms with Gasteiger partial charge in [-0.25, -0.2) is 4.98 Å². The van der Waals surface area contributed by atoms with Crippen molar-refractivity contribution in [1.82, 2.24) is 4.98 Å². The van der Waals surface area contributed by atoms with Gasteiger partial charge in [0.15, 0.2) is 0 Å². The Balaban J connectivity index is 2.65. The van der Waals surface area contributed by atoms with Gasteiger partial charge in [-0.3, -0.25) is 0 Å². The zero-order chi connectivity index (χ0) is 12.8. The van der Waals surface area contributed by atoms with E-state index in [0.29, 0.717) is 18.2 Å². The molecule has 0 bridgehead atoms. The van der Waals surface area contributed by atoms with Crippen LogP contribution in [0.25, 0.3) is 0 Å². The lowest BCUT2D eigenvalue weighted by Gasteiger charge is -2.20. The summed E-state index contributed by atoms with van der Waals surface area (Å²) in [5.41, 5.74) is 6.51. The lowest BCUT2D eigenvalue weighted by atomic mass is 10.2. The first-order valence-corrected chi connectivity index (χ1v) is 6.10. The van der Waals surface area contributed by atoms with Crippen molar-refractivity contribution >= 4 is 17.4 Å². The van der Waals surface area contributed by atoms with Gasteiger partial charge in [0.1, 0.15) is 5.82 Å². The van der Waals surface area contributed by atoms with Crippen molar-refractivity contribution in [1.29, 1.82) is 0 Å². The quantitative estimate of drug-likeness (QED) is 0.848. The molecule has 4 nitrogen and oxygen atoms in total. The van der Waals surface area contributed by atoms with Crippen molar-refractivity contribution in [2.75, 3.05) is 25.1 Å². The predicted octanol–water partition coefficient (Wildman–Crippen LogP) is 2.05. The van der Waals surface area contributed by atoms with Crippen molar-refractivity contribution in [2.24, 2.45) is 5.73 Å². The molecule has 0 spiro atoms. The maximum atomic E-state index is 6.22. The summed E-state index contributed by atoms with van der Waals surface area (Å²) < 4.78 is 5.49. The fourth-order valence-electron chi connectivity index (χ4n) is 1.43. The highest BCUT2D eigenvalue weighted by atomic mass is 35.5. The Morgan fingerprint density at radius 1 is 1.53 bits per heavy atom. The van der Waals surface area contributed by atoms with Crippen LogP contribution in [0.1, 0.15) is 19.4 Å². The number of likely N-dealkylation sites (N-methyl/N-ethyl adjacent to an activating group) is 1. The van der Waals surface area contributed by atoms with Crippen molar-refractivity contribution in [2.45, 2.75) is 26.5 Å². The van der Waals surface area contributed by atoms with Gasteiger partial charge < -0.3 is 15.4 Å². The molecule has 17 heavy (non-hydrogen) atoms. The van der Waals surface area contributed by atoms with Gasteiger partial charge in [-0.05, 0) is 25.5 Å². The monoisotopic (exact) mass is 257 g/mol. The number of hydrogen-bond acceptors (Lipinski definition) is 4. The molecule has 2 N–H and O–H groups in total. The molecule has 0 aromatic carbocycles. The first kappa shape index (κ1) is 14.2. The minimum atomic E-state index is 0.238. The molecule has 0 aliphatic carbocycles. The molecule has 1 heterocycles. The summed E-state index contributed by atoms with van der Waals surface area (Å²) in [5, 5.41) is 0.627. The van der Waals surface area contributed by atoms with Crippen molar-refractivity contribution in [3.05, 3.63) is 22.8 Å². The third kappa shape index (κ3) is 4.15. The highest BCUT2D eigenvalue weighted by molar-refractivity contribution is 6.33. The van der Waals surface area contributed by atoms with Gasteiger partial charge in [-0.15, -0.1) is 0 Å². The average molecular weight is 258 g/mol. The van der Waals surface area contributed by atoms with Crippen LogP contribution in [0.2, 0.25) is 5.02 Å². The van der Waals surface area contributed by atoms with Crippen LogP contribution >= 0.6 is 11.6 Å². The maximum Gasteiger partial charge on any atom is 0.147 e. The summed E-state index contributed by atoms with van der Waals surface area (Å²) in [6.07, 6.45) is 1.96. The third-order valence-electron chi connectivity index (χ3n) is 2.41. The van der Waals surface area contributed by atoms with E-state index in [1.807, 2.05) is 31.9 Å². The van der Waals surface area contributed by atoms with E-state index < -0.39 is 0 Å². The Labute approximate surface area is 108 Å². The van der Waals surface area contributed by atoms with Gasteiger partial charge in [0.25, 0.3) is 0 Å². The fourth-order valence-corrected chi connectivity index (χ4v) is 1.76. The van der Waals surface area contributed by atoms with Crippen molar-refractivity contribution in [3.63, 3.8) is 0 Å². The molecular weight excluding hydrogens is 238 g/mol. The van der Waals surface area contributed by atoms with E-state index in [0.717, 1.165) is 17.9 Å². The molecule has 5 heteroatoms. The number of pyridine rings is 1. The molecule has 0 saturated heterocycles. The lowest BCUT2D eigenvalue weighted by molar-refractivity contribution is 0.0845. The van der Waals surface area contributed by atoms with Crippen LogP contribution in [-0.4, -0.2) is 31.3 Å². The Kier molecular flexibility index (Phi) is 5.68. The van der Waals surface area contributed by atoms with Crippen LogP contribution in [0.4, 0.5) is 5.82 Å². The minimum Gasteiger partial charge on any atom is -0.377 e. The first-order chi connectivity index (χ1) is 8.06. The molecule has 0 aliphatic rings. The number of anilines is 1. The lowest BCUT2D eigenvalue weighted by Crippen LogP contribution is -2.25. The van der Waals surface area contributed by atoms with Crippen LogP contribution in [-0.2, 0) is 11.3 Å². The second-order valence-electron chi connectivity index (χ2n) is 4.15. The maximum absolute atomic E-state index is 6.22. The number of aromatic nitrogens is 1. The van der Waals surface area contributed by atoms with Crippen molar-refractivity contribution in [3.8, 4) is 0 Å². The van der Waals surface area contributed by atoms with Crippen LogP contribution in [0, 0.1) is 0 Å². The summed E-state index contributed by atoms with van der Waals surface area (Å²) in [5.74, 6) is 0.752. The molecule has 0 atom stereocenters. The number of nitrogens with two attached hydrogens (primary N) is 1. The van der Waals surface area contributed by atoms with E-state index in [9.17, 15) is 0 Å². The van der Waals surface area contributed by atoms with Gasteiger partial charge >= 0.3 is 0 Å². The molecule has 0 amide bonds. The molecular formula is C12H20ClN3O. The third-order valence-corrected chi connectivity index (χ3v) is 2.82. The molecule has 0 unspecified atom stereocenters. The summed E-state index contributed by atoms with van der Waals surface area (Å²) in [7, 11) is 1.94. The highest BCUT2D eigenvalue weighted by Crippen LogP contribution is 2.25. The molecule has 1 aromatic heterocycles. The molecule has 0 saturated carbocycles. The first-order valence-electron chi connectivity index (χ1n) is 5.72. The van der Waals surface area contributed by atoms with Crippen LogP contribution in [0.3, 0.4) is 0 Å². The van der Waals surface area contributed by atoms with Crippen LogP contribution in [0.15, 0.2) is 12.3 Å². The zero-order valence-electron chi connectivity index (χ0n) is 10.6. The fraction of sp³-hybridized carbons (Fsp3) is 0.583. The number of ether oxygens (including phenoxy) is 1. The molecule has 0 fully saturated rings. The Morgan fingerprint density at radius 3 is 2.82 bits per heavy atom. The topological polar surface area (TPSA) is 51.4 Å². The van der Waals surface area contributed by atoms with E-state index in [1.165, 1.54) is 0 Å². The smallest absolute Gasteiger partial charge is 0.147 e. The van der Waals surface area contributed by atoms with E-state index >= 15 is 0 Å². The number of hydrogen-bond donors (Lipinski definition) is 1. The Hall–Kier alpha value is -0.840. The zero-order valence-corrected chi connectivity index (χ0v) is 11.4. The van der Waals surface area contributed by atoms with E-state index in [4.69, 9.17) is 22.1 Å². The molecule has 96 valence electrons. The summed E-state index contributed by atoms with van der Waals surface area (Å²) in [4.78, 5) is 6.24. The average Bonchev–Trinajstić information content (AvgIpc) is 2.28. The number of nitrogens with zero attached hydrogens (tertiary/aromatic N) is 2. The molecule has 0 aliphatic heterocycles. The molecule has 1 rings (SSSR count). The summed E-state index contributed by atoms with van der Waals surface area (Å²) in [6.45, 7) is 5.85. The SMILES string of the molecule is CC(C)OCCN(C)c1nccc(CN)c1Cl. The summed E-state index contributed by atoms with van der Waals surface area (Å²) >= 11 is 6.22. The highest BCUT2D eigenvalue weighted by Gasteiger charge is 2.10. The van der Waals surface area contributed by atoms with Crippen LogP contribution in [0.5, 0.6) is 0 Å². The molecule has 0 radical (unpaired) electrons. The van der Waals surface area contributed by atoms with Crippen molar-refractivity contribution < 1.29 is 4.74 Å². The minimum absolute atomic E-state index is 0.238. The normalized spacial score (nSPS) is 10.9. The Bertz CT molecular complexity index is 358. The van der Waals surface area contributed by atoms with Gasteiger partial charge in [0.2, 0.25) is 0 Å². The summed E-state index contributed by atoms with van der Waals surface area (Å²) in [6, 6.07) is 1.84. The second kappa shape index (κ2) is 6.79. The van der Waals surface area contributed by atoms with Gasteiger partial charge in [0, 0.05) is 26.3 Å². The van der Waals surface area contributed by atoms with Crippen LogP contribution < -0.4 is 10.6 Å². The predicted molar refractivity (Wildman–Crippen MR) is 71.5 cm³/mol. The number of halogens is 1. The van der Waals surface area contributed by atoms with E-state index in [2.05, 4.69) is 4.98 Å².